The zero-order valence-corrected chi connectivity index (χ0v) is 20.7. The molecule has 0 atom stereocenters. The largest absolute Gasteiger partial charge is 0.497 e. The number of hydrazone groups is 1. The molecule has 1 heterocycles. The highest BCUT2D eigenvalue weighted by molar-refractivity contribution is 7.99. The number of hydrogen-bond donors (Lipinski definition) is 1. The van der Waals surface area contributed by atoms with Gasteiger partial charge in [0, 0.05) is 17.5 Å². The summed E-state index contributed by atoms with van der Waals surface area (Å²) in [6.45, 7) is 0. The fraction of sp³-hybridized carbons (Fsp3) is 0.111. The standard InChI is InChI=1S/C27H25N5O3S/c1-34-23-14-10-21(11-15-23)26-30-31-27(32(26)22-12-16-24(35-2)17-13-22)36-19-25(33)29-28-18-6-9-20-7-4-3-5-8-20/h3-18H,19H2,1-2H3,(H,29,33)/b9-6+,28-18-. The molecule has 4 rings (SSSR count). The van der Waals surface area contributed by atoms with Crippen LogP contribution in [0.4, 0.5) is 0 Å². The van der Waals surface area contributed by atoms with Crippen LogP contribution in [0.25, 0.3) is 23.2 Å². The topological polar surface area (TPSA) is 90.6 Å². The highest BCUT2D eigenvalue weighted by Gasteiger charge is 2.17. The molecular formula is C27H25N5O3S. The minimum absolute atomic E-state index is 0.122. The van der Waals surface area contributed by atoms with Crippen LogP contribution >= 0.6 is 11.8 Å². The summed E-state index contributed by atoms with van der Waals surface area (Å²) in [5, 5.41) is 13.3. The molecule has 1 amide bonds. The number of nitrogens with one attached hydrogen (secondary N) is 1. The number of methoxy groups -OCH3 is 2. The van der Waals surface area contributed by atoms with Crippen LogP contribution in [0.1, 0.15) is 5.56 Å². The average molecular weight is 500 g/mol. The van der Waals surface area contributed by atoms with E-state index in [1.165, 1.54) is 18.0 Å². The summed E-state index contributed by atoms with van der Waals surface area (Å²) in [7, 11) is 3.24. The van der Waals surface area contributed by atoms with Crippen LogP contribution in [0.15, 0.2) is 95.2 Å². The zero-order chi connectivity index (χ0) is 25.2. The second-order valence-electron chi connectivity index (χ2n) is 7.44. The number of carbonyl (C=O) groups excluding carboxylic acids is 1. The van der Waals surface area contributed by atoms with Gasteiger partial charge in [0.25, 0.3) is 5.91 Å². The van der Waals surface area contributed by atoms with Gasteiger partial charge in [-0.2, -0.15) is 5.10 Å². The van der Waals surface area contributed by atoms with E-state index in [1.807, 2.05) is 89.5 Å². The number of nitrogens with zero attached hydrogens (tertiary/aromatic N) is 4. The molecule has 0 spiro atoms. The Morgan fingerprint density at radius 3 is 2.28 bits per heavy atom. The van der Waals surface area contributed by atoms with Crippen LogP contribution in [0.5, 0.6) is 11.5 Å². The minimum Gasteiger partial charge on any atom is -0.497 e. The van der Waals surface area contributed by atoms with Gasteiger partial charge in [-0.15, -0.1) is 10.2 Å². The van der Waals surface area contributed by atoms with Crippen molar-refractivity contribution < 1.29 is 14.3 Å². The van der Waals surface area contributed by atoms with Crippen molar-refractivity contribution in [1.29, 1.82) is 0 Å². The number of carbonyl (C=O) groups is 1. The molecule has 9 heteroatoms. The van der Waals surface area contributed by atoms with Gasteiger partial charge in [0.2, 0.25) is 0 Å². The van der Waals surface area contributed by atoms with E-state index in [2.05, 4.69) is 20.7 Å². The monoisotopic (exact) mass is 499 g/mol. The van der Waals surface area contributed by atoms with Crippen molar-refractivity contribution in [3.63, 3.8) is 0 Å². The van der Waals surface area contributed by atoms with Crippen molar-refractivity contribution >= 4 is 30.0 Å². The van der Waals surface area contributed by atoms with E-state index in [0.29, 0.717) is 11.0 Å². The number of hydrogen-bond acceptors (Lipinski definition) is 7. The highest BCUT2D eigenvalue weighted by Crippen LogP contribution is 2.29. The average Bonchev–Trinajstić information content (AvgIpc) is 3.36. The Morgan fingerprint density at radius 1 is 0.944 bits per heavy atom. The molecule has 0 bridgehead atoms. The van der Waals surface area contributed by atoms with Gasteiger partial charge in [-0.25, -0.2) is 5.43 Å². The lowest BCUT2D eigenvalue weighted by molar-refractivity contribution is -0.118. The van der Waals surface area contributed by atoms with Crippen LogP contribution in [0, 0.1) is 0 Å². The third-order valence-corrected chi connectivity index (χ3v) is 6.01. The van der Waals surface area contributed by atoms with Crippen molar-refractivity contribution in [3.8, 4) is 28.6 Å². The van der Waals surface area contributed by atoms with Crippen LogP contribution < -0.4 is 14.9 Å². The highest BCUT2D eigenvalue weighted by atomic mass is 32.2. The fourth-order valence-corrected chi connectivity index (χ4v) is 4.03. The summed E-state index contributed by atoms with van der Waals surface area (Å²) in [5.74, 6) is 2.01. The maximum absolute atomic E-state index is 12.4. The number of benzene rings is 3. The third-order valence-electron chi connectivity index (χ3n) is 5.08. The number of rotatable bonds is 10. The van der Waals surface area contributed by atoms with Gasteiger partial charge >= 0.3 is 0 Å². The van der Waals surface area contributed by atoms with Gasteiger partial charge < -0.3 is 9.47 Å². The van der Waals surface area contributed by atoms with Gasteiger partial charge in [-0.3, -0.25) is 9.36 Å². The lowest BCUT2D eigenvalue weighted by atomic mass is 10.2. The fourth-order valence-electron chi connectivity index (χ4n) is 3.29. The van der Waals surface area contributed by atoms with Crippen molar-refractivity contribution in [1.82, 2.24) is 20.2 Å². The van der Waals surface area contributed by atoms with E-state index in [4.69, 9.17) is 9.47 Å². The number of allylic oxidation sites excluding steroid dienone is 1. The predicted octanol–water partition coefficient (Wildman–Crippen LogP) is 4.86. The van der Waals surface area contributed by atoms with E-state index in [9.17, 15) is 4.79 Å². The molecule has 36 heavy (non-hydrogen) atoms. The number of aromatic nitrogens is 3. The van der Waals surface area contributed by atoms with Gasteiger partial charge in [-0.05, 0) is 60.2 Å². The number of thioether (sulfide) groups is 1. The maximum atomic E-state index is 12.4. The second-order valence-corrected chi connectivity index (χ2v) is 8.38. The van der Waals surface area contributed by atoms with Crippen LogP contribution in [-0.2, 0) is 4.79 Å². The Hall–Kier alpha value is -4.37. The van der Waals surface area contributed by atoms with Gasteiger partial charge in [0.05, 0.1) is 20.0 Å². The van der Waals surface area contributed by atoms with E-state index in [1.54, 1.807) is 20.3 Å². The molecule has 4 aromatic rings. The zero-order valence-electron chi connectivity index (χ0n) is 19.9. The maximum Gasteiger partial charge on any atom is 0.250 e. The summed E-state index contributed by atoms with van der Waals surface area (Å²) in [4.78, 5) is 12.4. The molecule has 0 fully saturated rings. The predicted molar refractivity (Wildman–Crippen MR) is 143 cm³/mol. The second kappa shape index (κ2) is 12.4. The molecule has 0 saturated carbocycles. The molecule has 0 aliphatic rings. The quantitative estimate of drug-likeness (QED) is 0.190. The minimum atomic E-state index is -0.250. The number of amides is 1. The van der Waals surface area contributed by atoms with E-state index in [-0.39, 0.29) is 11.7 Å². The molecule has 1 aromatic heterocycles. The summed E-state index contributed by atoms with van der Waals surface area (Å²) in [5.41, 5.74) is 5.30. The molecule has 3 aromatic carbocycles. The molecular weight excluding hydrogens is 474 g/mol. The van der Waals surface area contributed by atoms with E-state index < -0.39 is 0 Å². The third kappa shape index (κ3) is 6.39. The Kier molecular flexibility index (Phi) is 8.50. The van der Waals surface area contributed by atoms with Crippen molar-refractivity contribution in [3.05, 3.63) is 90.5 Å². The summed E-state index contributed by atoms with van der Waals surface area (Å²) in [6, 6.07) is 25.0. The molecule has 8 nitrogen and oxygen atoms in total. The Balaban J connectivity index is 1.47. The van der Waals surface area contributed by atoms with E-state index in [0.717, 1.165) is 28.3 Å². The Bertz CT molecular complexity index is 1330. The molecule has 0 radical (unpaired) electrons. The van der Waals surface area contributed by atoms with Crippen molar-refractivity contribution in [2.75, 3.05) is 20.0 Å². The van der Waals surface area contributed by atoms with E-state index >= 15 is 0 Å². The van der Waals surface area contributed by atoms with Crippen LogP contribution in [0.2, 0.25) is 0 Å². The first-order valence-electron chi connectivity index (χ1n) is 11.1. The summed E-state index contributed by atoms with van der Waals surface area (Å²) in [6.07, 6.45) is 5.21. The molecule has 0 aliphatic carbocycles. The van der Waals surface area contributed by atoms with Gasteiger partial charge in [0.15, 0.2) is 11.0 Å². The first-order chi connectivity index (χ1) is 17.7. The first kappa shape index (κ1) is 24.7. The Labute approximate surface area is 213 Å². The first-order valence-corrected chi connectivity index (χ1v) is 12.1. The molecule has 0 saturated heterocycles. The molecule has 0 aliphatic heterocycles. The van der Waals surface area contributed by atoms with Crippen LogP contribution in [-0.4, -0.2) is 46.9 Å². The lowest BCUT2D eigenvalue weighted by Crippen LogP contribution is -2.19. The molecule has 0 unspecified atom stereocenters. The molecule has 182 valence electrons. The summed E-state index contributed by atoms with van der Waals surface area (Å²) < 4.78 is 12.5. The van der Waals surface area contributed by atoms with Gasteiger partial charge in [0.1, 0.15) is 11.5 Å². The SMILES string of the molecule is COc1ccc(-c2nnc(SCC(=O)N/N=C\C=C\c3ccccc3)n2-c2ccc(OC)cc2)cc1. The van der Waals surface area contributed by atoms with Crippen LogP contribution in [0.3, 0.4) is 0 Å². The normalized spacial score (nSPS) is 11.2. The molecule has 1 N–H and O–H groups in total. The van der Waals surface area contributed by atoms with Crippen molar-refractivity contribution in [2.24, 2.45) is 5.10 Å². The number of ether oxygens (including phenoxy) is 2. The Morgan fingerprint density at radius 2 is 1.61 bits per heavy atom. The lowest BCUT2D eigenvalue weighted by Gasteiger charge is -2.11. The van der Waals surface area contributed by atoms with Crippen molar-refractivity contribution in [2.45, 2.75) is 5.16 Å². The van der Waals surface area contributed by atoms with Gasteiger partial charge in [-0.1, -0.05) is 48.2 Å². The summed E-state index contributed by atoms with van der Waals surface area (Å²) >= 11 is 1.27. The smallest absolute Gasteiger partial charge is 0.250 e.